The first-order valence-corrected chi connectivity index (χ1v) is 10.1. The minimum atomic E-state index is -0.634. The molecule has 1 heterocycles. The molecule has 1 N–H and O–H groups in total. The molecule has 0 bridgehead atoms. The standard InChI is InChI=1S/C24H24N2O7/c1-4-31-22-13-17(8-10-19(22)33-24(28)20-6-5-11-32-20)15-25-26-23(27)14-16-7-9-18(29-2)21(12-16)30-3/h5-13,15H,4,14H2,1-3H3,(H,26,27)/b25-15+. The van der Waals surface area contributed by atoms with Gasteiger partial charge in [0.1, 0.15) is 0 Å². The number of ether oxygens (including phenoxy) is 4. The number of nitrogens with zero attached hydrogens (tertiary/aromatic N) is 1. The molecule has 0 saturated carbocycles. The molecule has 2 aromatic carbocycles. The van der Waals surface area contributed by atoms with E-state index in [0.717, 1.165) is 5.56 Å². The van der Waals surface area contributed by atoms with Crippen LogP contribution >= 0.6 is 0 Å². The summed E-state index contributed by atoms with van der Waals surface area (Å²) < 4.78 is 26.4. The molecule has 9 nitrogen and oxygen atoms in total. The monoisotopic (exact) mass is 452 g/mol. The van der Waals surface area contributed by atoms with Gasteiger partial charge in [0.15, 0.2) is 23.0 Å². The van der Waals surface area contributed by atoms with E-state index in [2.05, 4.69) is 10.5 Å². The molecule has 0 spiro atoms. The first kappa shape index (κ1) is 23.4. The van der Waals surface area contributed by atoms with E-state index in [-0.39, 0.29) is 23.8 Å². The number of furan rings is 1. The van der Waals surface area contributed by atoms with Gasteiger partial charge in [-0.1, -0.05) is 6.07 Å². The van der Waals surface area contributed by atoms with Crippen molar-refractivity contribution in [2.75, 3.05) is 20.8 Å². The molecule has 0 atom stereocenters. The van der Waals surface area contributed by atoms with Crippen LogP contribution in [-0.4, -0.2) is 38.9 Å². The Kier molecular flexibility index (Phi) is 8.07. The van der Waals surface area contributed by atoms with Crippen molar-refractivity contribution in [1.82, 2.24) is 5.43 Å². The van der Waals surface area contributed by atoms with E-state index in [9.17, 15) is 9.59 Å². The summed E-state index contributed by atoms with van der Waals surface area (Å²) in [5.74, 6) is 0.883. The van der Waals surface area contributed by atoms with Crippen molar-refractivity contribution < 1.29 is 33.0 Å². The fraction of sp³-hybridized carbons (Fsp3) is 0.208. The maximum Gasteiger partial charge on any atom is 0.379 e. The van der Waals surface area contributed by atoms with Crippen LogP contribution in [0.2, 0.25) is 0 Å². The smallest absolute Gasteiger partial charge is 0.379 e. The zero-order valence-corrected chi connectivity index (χ0v) is 18.5. The number of esters is 1. The third-order valence-corrected chi connectivity index (χ3v) is 4.41. The van der Waals surface area contributed by atoms with E-state index in [1.54, 1.807) is 49.6 Å². The summed E-state index contributed by atoms with van der Waals surface area (Å²) in [5.41, 5.74) is 3.88. The molecule has 172 valence electrons. The molecule has 9 heteroatoms. The van der Waals surface area contributed by atoms with Gasteiger partial charge in [-0.2, -0.15) is 5.10 Å². The van der Waals surface area contributed by atoms with E-state index < -0.39 is 5.97 Å². The van der Waals surface area contributed by atoms with Crippen LogP contribution < -0.4 is 24.4 Å². The lowest BCUT2D eigenvalue weighted by Gasteiger charge is -2.10. The number of rotatable bonds is 10. The topological polar surface area (TPSA) is 109 Å². The molecule has 33 heavy (non-hydrogen) atoms. The number of nitrogens with one attached hydrogen (secondary N) is 1. The molecule has 3 aromatic rings. The Morgan fingerprint density at radius 3 is 2.48 bits per heavy atom. The van der Waals surface area contributed by atoms with E-state index >= 15 is 0 Å². The second-order valence-electron chi connectivity index (χ2n) is 6.67. The van der Waals surface area contributed by atoms with Crippen LogP contribution in [0, 0.1) is 0 Å². The Hall–Kier alpha value is -4.27. The van der Waals surface area contributed by atoms with Crippen LogP contribution in [-0.2, 0) is 11.2 Å². The summed E-state index contributed by atoms with van der Waals surface area (Å²) in [6.45, 7) is 2.18. The van der Waals surface area contributed by atoms with E-state index in [1.165, 1.54) is 25.7 Å². The molecular formula is C24H24N2O7. The molecule has 0 aliphatic rings. The van der Waals surface area contributed by atoms with Gasteiger partial charge in [0, 0.05) is 0 Å². The Balaban J connectivity index is 1.62. The minimum absolute atomic E-state index is 0.0836. The van der Waals surface area contributed by atoms with Crippen LogP contribution in [0.15, 0.2) is 64.3 Å². The van der Waals surface area contributed by atoms with Gasteiger partial charge in [0.05, 0.1) is 39.7 Å². The van der Waals surface area contributed by atoms with E-state index in [0.29, 0.717) is 29.4 Å². The van der Waals surface area contributed by atoms with Gasteiger partial charge in [-0.15, -0.1) is 0 Å². The number of amides is 1. The van der Waals surface area contributed by atoms with Crippen LogP contribution in [0.3, 0.4) is 0 Å². The lowest BCUT2D eigenvalue weighted by Crippen LogP contribution is -2.19. The highest BCUT2D eigenvalue weighted by Crippen LogP contribution is 2.29. The maximum absolute atomic E-state index is 12.2. The number of hydrogen-bond acceptors (Lipinski definition) is 8. The Morgan fingerprint density at radius 2 is 1.79 bits per heavy atom. The van der Waals surface area contributed by atoms with Gasteiger partial charge in [-0.25, -0.2) is 10.2 Å². The first-order chi connectivity index (χ1) is 16.0. The molecule has 0 saturated heterocycles. The Morgan fingerprint density at radius 1 is 1.00 bits per heavy atom. The summed E-state index contributed by atoms with van der Waals surface area (Å²) >= 11 is 0. The van der Waals surface area contributed by atoms with Gasteiger partial charge in [-0.3, -0.25) is 4.79 Å². The van der Waals surface area contributed by atoms with Crippen molar-refractivity contribution in [3.63, 3.8) is 0 Å². The first-order valence-electron chi connectivity index (χ1n) is 10.1. The van der Waals surface area contributed by atoms with Crippen LogP contribution in [0.4, 0.5) is 0 Å². The van der Waals surface area contributed by atoms with Crippen LogP contribution in [0.25, 0.3) is 0 Å². The third-order valence-electron chi connectivity index (χ3n) is 4.41. The van der Waals surface area contributed by atoms with Gasteiger partial charge >= 0.3 is 5.97 Å². The quantitative estimate of drug-likeness (QED) is 0.217. The second kappa shape index (κ2) is 11.4. The lowest BCUT2D eigenvalue weighted by atomic mass is 10.1. The van der Waals surface area contributed by atoms with Crippen LogP contribution in [0.1, 0.15) is 28.6 Å². The number of hydrogen-bond donors (Lipinski definition) is 1. The highest BCUT2D eigenvalue weighted by atomic mass is 16.6. The van der Waals surface area contributed by atoms with Crippen molar-refractivity contribution in [1.29, 1.82) is 0 Å². The minimum Gasteiger partial charge on any atom is -0.493 e. The third kappa shape index (κ3) is 6.36. The van der Waals surface area contributed by atoms with Crippen LogP contribution in [0.5, 0.6) is 23.0 Å². The van der Waals surface area contributed by atoms with Gasteiger partial charge in [0.25, 0.3) is 0 Å². The van der Waals surface area contributed by atoms with E-state index in [1.807, 2.05) is 6.92 Å². The molecule has 0 fully saturated rings. The summed E-state index contributed by atoms with van der Waals surface area (Å²) in [6.07, 6.45) is 2.97. The van der Waals surface area contributed by atoms with Crippen molar-refractivity contribution >= 4 is 18.1 Å². The van der Waals surface area contributed by atoms with Crippen molar-refractivity contribution in [2.45, 2.75) is 13.3 Å². The van der Waals surface area contributed by atoms with Gasteiger partial charge in [0.2, 0.25) is 11.7 Å². The SMILES string of the molecule is CCOc1cc(/C=N/NC(=O)Cc2ccc(OC)c(OC)c2)ccc1OC(=O)c1ccco1. The summed E-state index contributed by atoms with van der Waals surface area (Å²) in [4.78, 5) is 24.4. The number of carbonyl (C=O) groups is 2. The molecular weight excluding hydrogens is 428 g/mol. The Labute approximate surface area is 190 Å². The fourth-order valence-corrected chi connectivity index (χ4v) is 2.90. The van der Waals surface area contributed by atoms with Crippen molar-refractivity contribution in [3.05, 3.63) is 71.7 Å². The molecule has 0 aliphatic carbocycles. The second-order valence-corrected chi connectivity index (χ2v) is 6.67. The summed E-state index contributed by atoms with van der Waals surface area (Å²) in [6, 6.07) is 13.3. The number of benzene rings is 2. The summed E-state index contributed by atoms with van der Waals surface area (Å²) in [5, 5.41) is 3.99. The zero-order valence-electron chi connectivity index (χ0n) is 18.5. The average Bonchev–Trinajstić information content (AvgIpc) is 3.36. The molecule has 0 radical (unpaired) electrons. The average molecular weight is 452 g/mol. The van der Waals surface area contributed by atoms with E-state index in [4.69, 9.17) is 23.4 Å². The highest BCUT2D eigenvalue weighted by molar-refractivity contribution is 5.89. The highest BCUT2D eigenvalue weighted by Gasteiger charge is 2.15. The number of hydrazone groups is 1. The van der Waals surface area contributed by atoms with Crippen molar-refractivity contribution in [3.8, 4) is 23.0 Å². The summed E-state index contributed by atoms with van der Waals surface area (Å²) in [7, 11) is 3.08. The number of carbonyl (C=O) groups excluding carboxylic acids is 2. The Bertz CT molecular complexity index is 1120. The lowest BCUT2D eigenvalue weighted by molar-refractivity contribution is -0.120. The van der Waals surface area contributed by atoms with Gasteiger partial charge in [-0.05, 0) is 60.5 Å². The molecule has 0 unspecified atom stereocenters. The number of methoxy groups -OCH3 is 2. The predicted molar refractivity (Wildman–Crippen MR) is 120 cm³/mol. The largest absolute Gasteiger partial charge is 0.493 e. The normalized spacial score (nSPS) is 10.6. The fourth-order valence-electron chi connectivity index (χ4n) is 2.90. The zero-order chi connectivity index (χ0) is 23.6. The molecule has 1 amide bonds. The van der Waals surface area contributed by atoms with Gasteiger partial charge < -0.3 is 23.4 Å². The predicted octanol–water partition coefficient (Wildman–Crippen LogP) is 3.61. The molecule has 1 aromatic heterocycles. The maximum atomic E-state index is 12.2. The van der Waals surface area contributed by atoms with Crippen molar-refractivity contribution in [2.24, 2.45) is 5.10 Å². The molecule has 0 aliphatic heterocycles. The molecule has 3 rings (SSSR count).